The zero-order valence-electron chi connectivity index (χ0n) is 10.8. The molecule has 0 radical (unpaired) electrons. The van der Waals surface area contributed by atoms with Crippen LogP contribution in [0.2, 0.25) is 0 Å². The van der Waals surface area contributed by atoms with Crippen molar-refractivity contribution in [1.29, 1.82) is 0 Å². The summed E-state index contributed by atoms with van der Waals surface area (Å²) in [5.74, 6) is 1.83. The zero-order valence-corrected chi connectivity index (χ0v) is 10.8. The zero-order chi connectivity index (χ0) is 11.0. The summed E-state index contributed by atoms with van der Waals surface area (Å²) in [6.45, 7) is 12.6. The molecule has 0 saturated carbocycles. The van der Waals surface area contributed by atoms with Crippen molar-refractivity contribution in [3.05, 3.63) is 0 Å². The molecule has 0 bridgehead atoms. The Balaban J connectivity index is 3.48. The van der Waals surface area contributed by atoms with Gasteiger partial charge < -0.3 is 5.32 Å². The van der Waals surface area contributed by atoms with Gasteiger partial charge in [0.25, 0.3) is 0 Å². The Labute approximate surface area is 90.7 Å². The lowest BCUT2D eigenvalue weighted by Crippen LogP contribution is -2.25. The van der Waals surface area contributed by atoms with Gasteiger partial charge in [-0.25, -0.2) is 0 Å². The number of rotatable bonds is 8. The van der Waals surface area contributed by atoms with Crippen molar-refractivity contribution in [2.24, 2.45) is 11.8 Å². The third-order valence-corrected chi connectivity index (χ3v) is 3.08. The van der Waals surface area contributed by atoms with E-state index in [1.807, 2.05) is 0 Å². The molecule has 0 aromatic carbocycles. The van der Waals surface area contributed by atoms with Crippen molar-refractivity contribution in [3.63, 3.8) is 0 Å². The summed E-state index contributed by atoms with van der Waals surface area (Å²) < 4.78 is 0. The van der Waals surface area contributed by atoms with Gasteiger partial charge in [0.15, 0.2) is 0 Å². The number of hydrogen-bond acceptors (Lipinski definition) is 1. The smallest absolute Gasteiger partial charge is 0.00103 e. The summed E-state index contributed by atoms with van der Waals surface area (Å²) in [5.41, 5.74) is 0. The van der Waals surface area contributed by atoms with Crippen molar-refractivity contribution in [3.8, 4) is 0 Å². The van der Waals surface area contributed by atoms with Gasteiger partial charge in [0.1, 0.15) is 0 Å². The molecule has 14 heavy (non-hydrogen) atoms. The fraction of sp³-hybridized carbons (Fsp3) is 1.00. The van der Waals surface area contributed by atoms with E-state index in [1.54, 1.807) is 0 Å². The van der Waals surface area contributed by atoms with Gasteiger partial charge in [-0.15, -0.1) is 0 Å². The molecule has 0 rings (SSSR count). The highest BCUT2D eigenvalue weighted by Crippen LogP contribution is 2.20. The fourth-order valence-electron chi connectivity index (χ4n) is 1.93. The average Bonchev–Trinajstić information content (AvgIpc) is 2.13. The predicted molar refractivity (Wildman–Crippen MR) is 65.6 cm³/mol. The van der Waals surface area contributed by atoms with E-state index in [9.17, 15) is 0 Å². The predicted octanol–water partition coefficient (Wildman–Crippen LogP) is 3.84. The van der Waals surface area contributed by atoms with Crippen molar-refractivity contribution < 1.29 is 0 Å². The maximum atomic E-state index is 3.49. The number of hydrogen-bond donors (Lipinski definition) is 1. The van der Waals surface area contributed by atoms with Gasteiger partial charge in [-0.1, -0.05) is 47.5 Å². The van der Waals surface area contributed by atoms with E-state index in [-0.39, 0.29) is 0 Å². The highest BCUT2D eigenvalue weighted by Gasteiger charge is 2.09. The summed E-state index contributed by atoms with van der Waals surface area (Å²) in [7, 11) is 0. The van der Waals surface area contributed by atoms with Crippen molar-refractivity contribution in [1.82, 2.24) is 5.32 Å². The van der Waals surface area contributed by atoms with Crippen LogP contribution in [0.3, 0.4) is 0 Å². The first kappa shape index (κ1) is 14.0. The third kappa shape index (κ3) is 7.37. The minimum atomic E-state index is 0.635. The molecule has 0 heterocycles. The van der Waals surface area contributed by atoms with Crippen LogP contribution < -0.4 is 5.32 Å². The van der Waals surface area contributed by atoms with Crippen LogP contribution in [0.4, 0.5) is 0 Å². The van der Waals surface area contributed by atoms with Gasteiger partial charge >= 0.3 is 0 Å². The molecule has 1 unspecified atom stereocenters. The van der Waals surface area contributed by atoms with Crippen LogP contribution in [-0.2, 0) is 0 Å². The van der Waals surface area contributed by atoms with Crippen molar-refractivity contribution in [2.75, 3.05) is 6.54 Å². The lowest BCUT2D eigenvalue weighted by atomic mass is 9.90. The van der Waals surface area contributed by atoms with E-state index >= 15 is 0 Å². The molecular weight excluding hydrogens is 170 g/mol. The second kappa shape index (κ2) is 8.28. The molecule has 0 saturated heterocycles. The monoisotopic (exact) mass is 199 g/mol. The highest BCUT2D eigenvalue weighted by atomic mass is 14.9. The summed E-state index contributed by atoms with van der Waals surface area (Å²) >= 11 is 0. The van der Waals surface area contributed by atoms with E-state index in [0.29, 0.717) is 6.04 Å². The van der Waals surface area contributed by atoms with Gasteiger partial charge in [0.2, 0.25) is 0 Å². The van der Waals surface area contributed by atoms with Crippen LogP contribution >= 0.6 is 0 Å². The first-order chi connectivity index (χ1) is 6.60. The van der Waals surface area contributed by atoms with Crippen LogP contribution in [0.1, 0.15) is 60.3 Å². The molecule has 1 heteroatoms. The molecule has 0 aliphatic carbocycles. The Morgan fingerprint density at radius 3 is 2.00 bits per heavy atom. The second-order valence-electron chi connectivity index (χ2n) is 4.92. The average molecular weight is 199 g/mol. The molecule has 0 aromatic rings. The molecule has 86 valence electrons. The first-order valence-corrected chi connectivity index (χ1v) is 6.33. The molecule has 0 spiro atoms. The van der Waals surface area contributed by atoms with Gasteiger partial charge in [-0.2, -0.15) is 0 Å². The Morgan fingerprint density at radius 2 is 1.57 bits per heavy atom. The normalized spacial score (nSPS) is 13.9. The summed E-state index contributed by atoms with van der Waals surface area (Å²) in [6, 6.07) is 0.635. The largest absolute Gasteiger partial charge is 0.315 e. The van der Waals surface area contributed by atoms with E-state index in [0.717, 1.165) is 11.8 Å². The minimum absolute atomic E-state index is 0.635. The van der Waals surface area contributed by atoms with Crippen LogP contribution in [0.15, 0.2) is 0 Å². The molecule has 1 nitrogen and oxygen atoms in total. The SMILES string of the molecule is CCC(CC)CC(C)CCNC(C)C. The van der Waals surface area contributed by atoms with E-state index in [1.165, 1.54) is 32.2 Å². The molecular formula is C13H29N. The van der Waals surface area contributed by atoms with Crippen LogP contribution in [0.25, 0.3) is 0 Å². The maximum absolute atomic E-state index is 3.49. The van der Waals surface area contributed by atoms with E-state index in [2.05, 4.69) is 39.9 Å². The van der Waals surface area contributed by atoms with Gasteiger partial charge in [-0.3, -0.25) is 0 Å². The Kier molecular flexibility index (Phi) is 8.26. The molecule has 1 N–H and O–H groups in total. The Hall–Kier alpha value is -0.0400. The van der Waals surface area contributed by atoms with E-state index < -0.39 is 0 Å². The Morgan fingerprint density at radius 1 is 1.00 bits per heavy atom. The standard InChI is InChI=1S/C13H29N/c1-6-13(7-2)10-12(5)8-9-14-11(3)4/h11-14H,6-10H2,1-5H3. The second-order valence-corrected chi connectivity index (χ2v) is 4.92. The van der Waals surface area contributed by atoms with Crippen LogP contribution in [-0.4, -0.2) is 12.6 Å². The lowest BCUT2D eigenvalue weighted by Gasteiger charge is -2.18. The lowest BCUT2D eigenvalue weighted by molar-refractivity contribution is 0.349. The van der Waals surface area contributed by atoms with E-state index in [4.69, 9.17) is 0 Å². The topological polar surface area (TPSA) is 12.0 Å². The minimum Gasteiger partial charge on any atom is -0.315 e. The van der Waals surface area contributed by atoms with Crippen LogP contribution in [0.5, 0.6) is 0 Å². The molecule has 0 aliphatic rings. The number of nitrogens with one attached hydrogen (secondary N) is 1. The summed E-state index contributed by atoms with van der Waals surface area (Å²) in [5, 5.41) is 3.49. The molecule has 0 fully saturated rings. The van der Waals surface area contributed by atoms with Crippen molar-refractivity contribution >= 4 is 0 Å². The summed E-state index contributed by atoms with van der Waals surface area (Å²) in [4.78, 5) is 0. The molecule has 0 aliphatic heterocycles. The Bertz CT molecular complexity index is 116. The van der Waals surface area contributed by atoms with Crippen molar-refractivity contribution in [2.45, 2.75) is 66.3 Å². The summed E-state index contributed by atoms with van der Waals surface area (Å²) in [6.07, 6.45) is 5.43. The first-order valence-electron chi connectivity index (χ1n) is 6.33. The van der Waals surface area contributed by atoms with Crippen LogP contribution in [0, 0.1) is 11.8 Å². The fourth-order valence-corrected chi connectivity index (χ4v) is 1.93. The van der Waals surface area contributed by atoms with Gasteiger partial charge in [-0.05, 0) is 31.2 Å². The van der Waals surface area contributed by atoms with Gasteiger partial charge in [0.05, 0.1) is 0 Å². The molecule has 0 amide bonds. The third-order valence-electron chi connectivity index (χ3n) is 3.08. The molecule has 0 aromatic heterocycles. The maximum Gasteiger partial charge on any atom is 0.00103 e. The quantitative estimate of drug-likeness (QED) is 0.626. The highest BCUT2D eigenvalue weighted by molar-refractivity contribution is 4.63. The molecule has 1 atom stereocenters. The van der Waals surface area contributed by atoms with Gasteiger partial charge in [0, 0.05) is 6.04 Å².